The lowest BCUT2D eigenvalue weighted by molar-refractivity contribution is -0.170. The first-order chi connectivity index (χ1) is 19.8. The number of nitrogens with one attached hydrogen (secondary N) is 3. The third-order valence-electron chi connectivity index (χ3n) is 5.72. The molecule has 0 rings (SSSR count). The molecule has 0 aliphatic rings. The Balaban J connectivity index is 5.47. The Morgan fingerprint density at radius 3 is 1.10 bits per heavy atom. The maximum Gasteiger partial charge on any atom is 0.307 e. The maximum atomic E-state index is 12.4. The van der Waals surface area contributed by atoms with Gasteiger partial charge in [0.25, 0.3) is 0 Å². The summed E-state index contributed by atoms with van der Waals surface area (Å²) in [5, 5.41) is 9.00. The summed E-state index contributed by atoms with van der Waals surface area (Å²) < 4.78 is 21.9. The summed E-state index contributed by atoms with van der Waals surface area (Å²) in [5.41, 5.74) is 20.5. The van der Waals surface area contributed by atoms with Gasteiger partial charge in [0.1, 0.15) is 31.8 Å². The van der Waals surface area contributed by atoms with Gasteiger partial charge in [-0.25, -0.2) is 0 Å². The molecule has 0 heterocycles. The van der Waals surface area contributed by atoms with Crippen molar-refractivity contribution in [3.05, 3.63) is 0 Å². The van der Waals surface area contributed by atoms with Gasteiger partial charge in [-0.15, -0.1) is 0 Å². The second kappa shape index (κ2) is 26.5. The Bertz CT molecular complexity index is 598. The summed E-state index contributed by atoms with van der Waals surface area (Å²) in [7, 11) is 0. The standard InChI is InChI=1S/C26H53N7O8/c27-8-3-1-2-4-22(34)38-18-26(19-39-23(35)5-12-31-15-9-28,20-40-24(36)6-13-32-16-10-29)21-41-25(37)7-14-33-17-11-30/h31-33H,1-21,27-30H2. The van der Waals surface area contributed by atoms with Gasteiger partial charge in [-0.1, -0.05) is 6.42 Å². The first kappa shape index (κ1) is 38.6. The zero-order valence-electron chi connectivity index (χ0n) is 24.4. The predicted octanol–water partition coefficient (Wildman–Crippen LogP) is -2.52. The van der Waals surface area contributed by atoms with E-state index in [0.717, 1.165) is 12.8 Å². The fourth-order valence-electron chi connectivity index (χ4n) is 3.32. The second-order valence-electron chi connectivity index (χ2n) is 9.61. The Morgan fingerprint density at radius 1 is 0.439 bits per heavy atom. The van der Waals surface area contributed by atoms with E-state index in [-0.39, 0.29) is 52.1 Å². The third-order valence-corrected chi connectivity index (χ3v) is 5.72. The van der Waals surface area contributed by atoms with Crippen LogP contribution in [0.1, 0.15) is 44.9 Å². The Morgan fingerprint density at radius 2 is 0.780 bits per heavy atom. The fraction of sp³-hybridized carbons (Fsp3) is 0.846. The maximum absolute atomic E-state index is 12.4. The van der Waals surface area contributed by atoms with Crippen LogP contribution in [0.3, 0.4) is 0 Å². The molecule has 0 aromatic rings. The van der Waals surface area contributed by atoms with Crippen LogP contribution in [0.2, 0.25) is 0 Å². The molecule has 0 radical (unpaired) electrons. The molecule has 0 saturated heterocycles. The first-order valence-electron chi connectivity index (χ1n) is 14.4. The van der Waals surface area contributed by atoms with Crippen LogP contribution in [-0.2, 0) is 38.1 Å². The minimum atomic E-state index is -1.31. The molecule has 0 unspecified atom stereocenters. The molecule has 0 fully saturated rings. The Kier molecular flexibility index (Phi) is 24.9. The van der Waals surface area contributed by atoms with Crippen LogP contribution in [0.5, 0.6) is 0 Å². The second-order valence-corrected chi connectivity index (χ2v) is 9.61. The van der Waals surface area contributed by atoms with Gasteiger partial charge in [0.05, 0.1) is 19.3 Å². The van der Waals surface area contributed by atoms with E-state index in [0.29, 0.717) is 71.9 Å². The van der Waals surface area contributed by atoms with Gasteiger partial charge in [-0.05, 0) is 19.4 Å². The van der Waals surface area contributed by atoms with Crippen molar-refractivity contribution in [1.82, 2.24) is 16.0 Å². The molecule has 0 aromatic carbocycles. The normalized spacial score (nSPS) is 11.2. The number of nitrogens with two attached hydrogens (primary N) is 4. The molecule has 11 N–H and O–H groups in total. The minimum absolute atomic E-state index is 0.0657. The van der Waals surface area contributed by atoms with Crippen molar-refractivity contribution >= 4 is 23.9 Å². The van der Waals surface area contributed by atoms with Gasteiger partial charge in [0.15, 0.2) is 0 Å². The average Bonchev–Trinajstić information content (AvgIpc) is 2.97. The lowest BCUT2D eigenvalue weighted by Gasteiger charge is -2.31. The number of ether oxygens (including phenoxy) is 4. The lowest BCUT2D eigenvalue weighted by Crippen LogP contribution is -2.44. The van der Waals surface area contributed by atoms with Crippen molar-refractivity contribution in [3.63, 3.8) is 0 Å². The molecule has 15 nitrogen and oxygen atoms in total. The summed E-state index contributed by atoms with van der Waals surface area (Å²) in [6, 6.07) is 0. The monoisotopic (exact) mass is 591 g/mol. The summed E-state index contributed by atoms with van der Waals surface area (Å²) in [6.07, 6.45) is 2.53. The molecular weight excluding hydrogens is 538 g/mol. The van der Waals surface area contributed by atoms with E-state index in [1.807, 2.05) is 0 Å². The Labute approximate surface area is 243 Å². The predicted molar refractivity (Wildman–Crippen MR) is 153 cm³/mol. The number of rotatable bonds is 28. The van der Waals surface area contributed by atoms with Gasteiger partial charge >= 0.3 is 23.9 Å². The molecule has 0 atom stereocenters. The van der Waals surface area contributed by atoms with Crippen LogP contribution in [-0.4, -0.2) is 116 Å². The number of esters is 4. The van der Waals surface area contributed by atoms with Gasteiger partial charge in [0.2, 0.25) is 0 Å². The highest BCUT2D eigenvalue weighted by Gasteiger charge is 2.38. The summed E-state index contributed by atoms with van der Waals surface area (Å²) >= 11 is 0. The smallest absolute Gasteiger partial charge is 0.307 e. The quantitative estimate of drug-likeness (QED) is 0.0282. The highest BCUT2D eigenvalue weighted by atomic mass is 16.6. The van der Waals surface area contributed by atoms with Crippen LogP contribution >= 0.6 is 0 Å². The van der Waals surface area contributed by atoms with Crippen LogP contribution in [0.25, 0.3) is 0 Å². The third kappa shape index (κ3) is 22.9. The highest BCUT2D eigenvalue weighted by Crippen LogP contribution is 2.22. The van der Waals surface area contributed by atoms with Crippen LogP contribution in [0, 0.1) is 5.41 Å². The van der Waals surface area contributed by atoms with Crippen molar-refractivity contribution in [3.8, 4) is 0 Å². The molecule has 0 saturated carbocycles. The average molecular weight is 592 g/mol. The summed E-state index contributed by atoms with van der Waals surface area (Å²) in [6.45, 7) is 3.32. The SMILES string of the molecule is NCCCCCC(=O)OCC(COC(=O)CCNCCN)(COC(=O)CCNCCN)COC(=O)CCNCCN. The molecule has 0 aliphatic heterocycles. The zero-order valence-corrected chi connectivity index (χ0v) is 24.4. The molecule has 0 bridgehead atoms. The van der Waals surface area contributed by atoms with Crippen molar-refractivity contribution in [2.45, 2.75) is 44.9 Å². The molecule has 41 heavy (non-hydrogen) atoms. The molecule has 240 valence electrons. The van der Waals surface area contributed by atoms with E-state index in [9.17, 15) is 19.2 Å². The van der Waals surface area contributed by atoms with Gasteiger partial charge in [-0.3, -0.25) is 19.2 Å². The first-order valence-corrected chi connectivity index (χ1v) is 14.4. The number of carbonyl (C=O) groups excluding carboxylic acids is 4. The van der Waals surface area contributed by atoms with Crippen LogP contribution in [0.4, 0.5) is 0 Å². The Hall–Kier alpha value is -2.40. The number of hydrogen-bond acceptors (Lipinski definition) is 15. The fourth-order valence-corrected chi connectivity index (χ4v) is 3.32. The molecular formula is C26H53N7O8. The molecule has 0 spiro atoms. The van der Waals surface area contributed by atoms with E-state index >= 15 is 0 Å². The molecule has 15 heteroatoms. The number of unbranched alkanes of at least 4 members (excludes halogenated alkanes) is 2. The largest absolute Gasteiger partial charge is 0.465 e. The van der Waals surface area contributed by atoms with E-state index in [1.165, 1.54) is 0 Å². The highest BCUT2D eigenvalue weighted by molar-refractivity contribution is 5.71. The molecule has 0 aliphatic carbocycles. The molecule has 0 aromatic heterocycles. The lowest BCUT2D eigenvalue weighted by atomic mass is 9.92. The van der Waals surface area contributed by atoms with Gasteiger partial charge in [0, 0.05) is 65.3 Å². The van der Waals surface area contributed by atoms with Crippen molar-refractivity contribution in [2.24, 2.45) is 28.3 Å². The van der Waals surface area contributed by atoms with Crippen molar-refractivity contribution < 1.29 is 38.1 Å². The molecule has 0 amide bonds. The van der Waals surface area contributed by atoms with Gasteiger partial charge in [-0.2, -0.15) is 0 Å². The van der Waals surface area contributed by atoms with E-state index in [1.54, 1.807) is 0 Å². The topological polar surface area (TPSA) is 245 Å². The van der Waals surface area contributed by atoms with E-state index in [2.05, 4.69) is 16.0 Å². The summed E-state index contributed by atoms with van der Waals surface area (Å²) in [4.78, 5) is 49.7. The number of carbonyl (C=O) groups is 4. The zero-order chi connectivity index (χ0) is 30.6. The van der Waals surface area contributed by atoms with E-state index < -0.39 is 29.3 Å². The summed E-state index contributed by atoms with van der Waals surface area (Å²) in [5.74, 6) is -2.05. The minimum Gasteiger partial charge on any atom is -0.465 e. The van der Waals surface area contributed by atoms with E-state index in [4.69, 9.17) is 41.9 Å². The van der Waals surface area contributed by atoms with Crippen LogP contribution in [0.15, 0.2) is 0 Å². The van der Waals surface area contributed by atoms with Crippen molar-refractivity contribution in [1.29, 1.82) is 0 Å². The van der Waals surface area contributed by atoms with Crippen molar-refractivity contribution in [2.75, 3.05) is 91.9 Å². The van der Waals surface area contributed by atoms with Crippen LogP contribution < -0.4 is 38.9 Å². The number of hydrogen-bond donors (Lipinski definition) is 7. The van der Waals surface area contributed by atoms with Gasteiger partial charge < -0.3 is 57.8 Å².